The van der Waals surface area contributed by atoms with Gasteiger partial charge in [-0.25, -0.2) is 0 Å². The monoisotopic (exact) mass is 326 g/mol. The zero-order chi connectivity index (χ0) is 16.6. The van der Waals surface area contributed by atoms with E-state index in [0.717, 1.165) is 33.4 Å². The lowest BCUT2D eigenvalue weighted by atomic mass is 10.1. The number of amides is 1. The Morgan fingerprint density at radius 2 is 1.91 bits per heavy atom. The third-order valence-corrected chi connectivity index (χ3v) is 4.32. The van der Waals surface area contributed by atoms with E-state index in [1.807, 2.05) is 26.0 Å². The summed E-state index contributed by atoms with van der Waals surface area (Å²) in [6, 6.07) is 11.7. The fourth-order valence-corrected chi connectivity index (χ4v) is 2.98. The normalized spacial score (nSPS) is 11.0. The molecule has 0 aliphatic heterocycles. The summed E-state index contributed by atoms with van der Waals surface area (Å²) >= 11 is 6.01. The van der Waals surface area contributed by atoms with Crippen LogP contribution in [0.5, 0.6) is 0 Å². The van der Waals surface area contributed by atoms with E-state index in [4.69, 9.17) is 11.6 Å². The van der Waals surface area contributed by atoms with Crippen molar-refractivity contribution in [1.82, 2.24) is 4.98 Å². The lowest BCUT2D eigenvalue weighted by molar-refractivity contribution is -0.115. The van der Waals surface area contributed by atoms with E-state index in [1.54, 1.807) is 6.07 Å². The van der Waals surface area contributed by atoms with Crippen molar-refractivity contribution >= 4 is 34.1 Å². The van der Waals surface area contributed by atoms with Gasteiger partial charge in [-0.2, -0.15) is 0 Å². The third-order valence-electron chi connectivity index (χ3n) is 4.09. The molecule has 2 N–H and O–H groups in total. The summed E-state index contributed by atoms with van der Waals surface area (Å²) in [4.78, 5) is 15.8. The molecule has 3 nitrogen and oxygen atoms in total. The number of anilines is 1. The SMILES string of the molecule is Cc1ccc2[nH]c(C)c(CC(=O)Nc3cc(Cl)ccc3C)c2c1. The smallest absolute Gasteiger partial charge is 0.228 e. The molecule has 0 bridgehead atoms. The predicted molar refractivity (Wildman–Crippen MR) is 96.3 cm³/mol. The third kappa shape index (κ3) is 3.25. The molecule has 0 aliphatic carbocycles. The maximum absolute atomic E-state index is 12.5. The number of H-pyrrole nitrogens is 1. The number of nitrogens with one attached hydrogen (secondary N) is 2. The molecular weight excluding hydrogens is 308 g/mol. The number of aromatic nitrogens is 1. The summed E-state index contributed by atoms with van der Waals surface area (Å²) in [7, 11) is 0. The summed E-state index contributed by atoms with van der Waals surface area (Å²) in [5.74, 6) is -0.0409. The minimum atomic E-state index is -0.0409. The largest absolute Gasteiger partial charge is 0.358 e. The number of halogens is 1. The number of benzene rings is 2. The second kappa shape index (κ2) is 6.09. The van der Waals surface area contributed by atoms with Gasteiger partial charge in [-0.15, -0.1) is 0 Å². The maximum Gasteiger partial charge on any atom is 0.228 e. The van der Waals surface area contributed by atoms with Gasteiger partial charge in [0.2, 0.25) is 5.91 Å². The highest BCUT2D eigenvalue weighted by atomic mass is 35.5. The highest BCUT2D eigenvalue weighted by Gasteiger charge is 2.13. The highest BCUT2D eigenvalue weighted by molar-refractivity contribution is 6.31. The molecule has 23 heavy (non-hydrogen) atoms. The molecular formula is C19H19ClN2O. The average Bonchev–Trinajstić information content (AvgIpc) is 2.79. The Morgan fingerprint density at radius 1 is 1.13 bits per heavy atom. The van der Waals surface area contributed by atoms with Crippen molar-refractivity contribution in [3.8, 4) is 0 Å². The zero-order valence-electron chi connectivity index (χ0n) is 13.5. The molecule has 0 radical (unpaired) electrons. The number of rotatable bonds is 3. The van der Waals surface area contributed by atoms with E-state index in [1.165, 1.54) is 5.56 Å². The van der Waals surface area contributed by atoms with Gasteiger partial charge in [0.25, 0.3) is 0 Å². The number of fused-ring (bicyclic) bond motifs is 1. The van der Waals surface area contributed by atoms with Gasteiger partial charge in [-0.3, -0.25) is 4.79 Å². The molecule has 118 valence electrons. The molecule has 1 amide bonds. The quantitative estimate of drug-likeness (QED) is 0.704. The predicted octanol–water partition coefficient (Wildman–Crippen LogP) is 4.93. The lowest BCUT2D eigenvalue weighted by Gasteiger charge is -2.09. The first-order chi connectivity index (χ1) is 10.9. The van der Waals surface area contributed by atoms with Crippen LogP contribution in [0.4, 0.5) is 5.69 Å². The highest BCUT2D eigenvalue weighted by Crippen LogP contribution is 2.25. The standard InChI is InChI=1S/C19H19ClN2O/c1-11-4-7-17-16(8-11)15(13(3)21-17)10-19(23)22-18-9-14(20)6-5-12(18)2/h4-9,21H,10H2,1-3H3,(H,22,23). The fraction of sp³-hybridized carbons (Fsp3) is 0.211. The Morgan fingerprint density at radius 3 is 2.70 bits per heavy atom. The first kappa shape index (κ1) is 15.6. The van der Waals surface area contributed by atoms with Crippen molar-refractivity contribution in [2.45, 2.75) is 27.2 Å². The van der Waals surface area contributed by atoms with Gasteiger partial charge in [0.15, 0.2) is 0 Å². The molecule has 1 aromatic heterocycles. The topological polar surface area (TPSA) is 44.9 Å². The van der Waals surface area contributed by atoms with Crippen LogP contribution in [0.1, 0.15) is 22.4 Å². The summed E-state index contributed by atoms with van der Waals surface area (Å²) in [5.41, 5.74) is 6.08. The number of carbonyl (C=O) groups excluding carboxylic acids is 1. The number of aromatic amines is 1. The van der Waals surface area contributed by atoms with Crippen LogP contribution < -0.4 is 5.32 Å². The van der Waals surface area contributed by atoms with Crippen LogP contribution in [0.3, 0.4) is 0 Å². The van der Waals surface area contributed by atoms with Crippen molar-refractivity contribution in [2.75, 3.05) is 5.32 Å². The van der Waals surface area contributed by atoms with Crippen LogP contribution in [0.2, 0.25) is 5.02 Å². The number of hydrogen-bond donors (Lipinski definition) is 2. The van der Waals surface area contributed by atoms with E-state index >= 15 is 0 Å². The minimum Gasteiger partial charge on any atom is -0.358 e. The average molecular weight is 327 g/mol. The molecule has 4 heteroatoms. The van der Waals surface area contributed by atoms with Gasteiger partial charge in [0, 0.05) is 27.3 Å². The molecule has 3 aromatic rings. The number of hydrogen-bond acceptors (Lipinski definition) is 1. The van der Waals surface area contributed by atoms with Crippen LogP contribution >= 0.6 is 11.6 Å². The van der Waals surface area contributed by atoms with E-state index in [0.29, 0.717) is 11.4 Å². The van der Waals surface area contributed by atoms with Gasteiger partial charge >= 0.3 is 0 Å². The van der Waals surface area contributed by atoms with E-state index in [-0.39, 0.29) is 5.91 Å². The molecule has 1 heterocycles. The van der Waals surface area contributed by atoms with Crippen molar-refractivity contribution < 1.29 is 4.79 Å². The zero-order valence-corrected chi connectivity index (χ0v) is 14.2. The second-order valence-corrected chi connectivity index (χ2v) is 6.40. The molecule has 0 saturated carbocycles. The second-order valence-electron chi connectivity index (χ2n) is 5.96. The van der Waals surface area contributed by atoms with Gasteiger partial charge in [-0.05, 0) is 56.2 Å². The Kier molecular flexibility index (Phi) is 4.14. The van der Waals surface area contributed by atoms with Gasteiger partial charge in [0.1, 0.15) is 0 Å². The van der Waals surface area contributed by atoms with Crippen LogP contribution in [0, 0.1) is 20.8 Å². The van der Waals surface area contributed by atoms with Crippen LogP contribution in [-0.4, -0.2) is 10.9 Å². The summed E-state index contributed by atoms with van der Waals surface area (Å²) in [6.45, 7) is 6.01. The van der Waals surface area contributed by atoms with Crippen molar-refractivity contribution in [3.05, 3.63) is 63.8 Å². The van der Waals surface area contributed by atoms with Gasteiger partial charge in [-0.1, -0.05) is 29.3 Å². The first-order valence-corrected chi connectivity index (χ1v) is 7.95. The number of aryl methyl sites for hydroxylation is 3. The summed E-state index contributed by atoms with van der Waals surface area (Å²) in [6.07, 6.45) is 0.335. The molecule has 0 aliphatic rings. The maximum atomic E-state index is 12.5. The van der Waals surface area contributed by atoms with Crippen molar-refractivity contribution in [1.29, 1.82) is 0 Å². The molecule has 2 aromatic carbocycles. The Labute approximate surface area is 140 Å². The van der Waals surface area contributed by atoms with E-state index < -0.39 is 0 Å². The van der Waals surface area contributed by atoms with Crippen LogP contribution in [-0.2, 0) is 11.2 Å². The van der Waals surface area contributed by atoms with Crippen LogP contribution in [0.15, 0.2) is 36.4 Å². The van der Waals surface area contributed by atoms with Gasteiger partial charge in [0.05, 0.1) is 6.42 Å². The minimum absolute atomic E-state index is 0.0409. The molecule has 0 atom stereocenters. The fourth-order valence-electron chi connectivity index (χ4n) is 2.81. The molecule has 0 saturated heterocycles. The summed E-state index contributed by atoms with van der Waals surface area (Å²) < 4.78 is 0. The van der Waals surface area contributed by atoms with Crippen molar-refractivity contribution in [2.24, 2.45) is 0 Å². The Hall–Kier alpha value is -2.26. The molecule has 0 unspecified atom stereocenters. The van der Waals surface area contributed by atoms with E-state index in [2.05, 4.69) is 35.4 Å². The Balaban J connectivity index is 1.87. The molecule has 0 fully saturated rings. The molecule has 3 rings (SSSR count). The lowest BCUT2D eigenvalue weighted by Crippen LogP contribution is -2.15. The van der Waals surface area contributed by atoms with Crippen LogP contribution in [0.25, 0.3) is 10.9 Å². The summed E-state index contributed by atoms with van der Waals surface area (Å²) in [5, 5.41) is 4.69. The van der Waals surface area contributed by atoms with Gasteiger partial charge < -0.3 is 10.3 Å². The molecule has 0 spiro atoms. The van der Waals surface area contributed by atoms with Crippen molar-refractivity contribution in [3.63, 3.8) is 0 Å². The first-order valence-electron chi connectivity index (χ1n) is 7.58. The Bertz CT molecular complexity index is 896. The van der Waals surface area contributed by atoms with E-state index in [9.17, 15) is 4.79 Å². The number of carbonyl (C=O) groups is 1.